The maximum atomic E-state index is 12.9. The lowest BCUT2D eigenvalue weighted by Crippen LogP contribution is -2.42. The quantitative estimate of drug-likeness (QED) is 0.928. The van der Waals surface area contributed by atoms with Gasteiger partial charge < -0.3 is 10.2 Å². The van der Waals surface area contributed by atoms with Crippen LogP contribution in [0.15, 0.2) is 24.3 Å². The zero-order valence-corrected chi connectivity index (χ0v) is 14.3. The highest BCUT2D eigenvalue weighted by Crippen LogP contribution is 2.30. The van der Waals surface area contributed by atoms with E-state index >= 15 is 0 Å². The Morgan fingerprint density at radius 1 is 1.33 bits per heavy atom. The number of nitrogens with zero attached hydrogens (tertiary/aromatic N) is 4. The van der Waals surface area contributed by atoms with Gasteiger partial charge >= 0.3 is 0 Å². The van der Waals surface area contributed by atoms with Crippen LogP contribution in [0, 0.1) is 0 Å². The van der Waals surface area contributed by atoms with Crippen molar-refractivity contribution in [3.8, 4) is 0 Å². The molecule has 0 unspecified atom stereocenters. The molecule has 1 saturated heterocycles. The van der Waals surface area contributed by atoms with Crippen molar-refractivity contribution in [2.24, 2.45) is 0 Å². The first-order valence-corrected chi connectivity index (χ1v) is 8.72. The van der Waals surface area contributed by atoms with Crippen molar-refractivity contribution < 1.29 is 4.79 Å². The van der Waals surface area contributed by atoms with Gasteiger partial charge in [0, 0.05) is 11.6 Å². The second-order valence-electron chi connectivity index (χ2n) is 6.46. The molecule has 0 spiro atoms. The van der Waals surface area contributed by atoms with E-state index in [4.69, 9.17) is 11.6 Å². The van der Waals surface area contributed by atoms with E-state index in [-0.39, 0.29) is 18.0 Å². The van der Waals surface area contributed by atoms with E-state index in [2.05, 4.69) is 15.5 Å². The molecule has 6 nitrogen and oxygen atoms in total. The van der Waals surface area contributed by atoms with Crippen LogP contribution in [0.3, 0.4) is 0 Å². The van der Waals surface area contributed by atoms with E-state index in [1.54, 1.807) is 0 Å². The summed E-state index contributed by atoms with van der Waals surface area (Å²) in [6.07, 6.45) is 2.18. The third kappa shape index (κ3) is 2.59. The molecular weight excluding hydrogens is 326 g/mol. The standard InChI is InChI=1S/C17H20ClN5O/c1-11-17(24)22(9-12-5-2-3-6-13(12)18)10-15-20-21-16(23(11)15)14-7-4-8-19-14/h2-3,5-6,11,14,19H,4,7-10H2,1H3/t11-,14-/m0/s1. The van der Waals surface area contributed by atoms with Gasteiger partial charge in [0.1, 0.15) is 6.04 Å². The van der Waals surface area contributed by atoms with Crippen molar-refractivity contribution >= 4 is 17.5 Å². The highest BCUT2D eigenvalue weighted by Gasteiger charge is 2.35. The number of aromatic nitrogens is 3. The Labute approximate surface area is 145 Å². The van der Waals surface area contributed by atoms with E-state index in [9.17, 15) is 4.79 Å². The average Bonchev–Trinajstić information content (AvgIpc) is 3.23. The second-order valence-corrected chi connectivity index (χ2v) is 6.86. The van der Waals surface area contributed by atoms with E-state index in [1.165, 1.54) is 0 Å². The number of fused-ring (bicyclic) bond motifs is 1. The summed E-state index contributed by atoms with van der Waals surface area (Å²) in [5.74, 6) is 1.82. The normalized spacial score (nSPS) is 23.6. The highest BCUT2D eigenvalue weighted by atomic mass is 35.5. The van der Waals surface area contributed by atoms with Crippen molar-refractivity contribution in [1.29, 1.82) is 0 Å². The van der Waals surface area contributed by atoms with Gasteiger partial charge in [-0.3, -0.25) is 9.36 Å². The van der Waals surface area contributed by atoms with E-state index < -0.39 is 0 Å². The van der Waals surface area contributed by atoms with E-state index in [0.29, 0.717) is 18.1 Å². The molecule has 3 heterocycles. The molecule has 0 radical (unpaired) electrons. The Kier molecular flexibility index (Phi) is 4.02. The monoisotopic (exact) mass is 345 g/mol. The lowest BCUT2D eigenvalue weighted by Gasteiger charge is -2.33. The number of rotatable bonds is 3. The maximum Gasteiger partial charge on any atom is 0.246 e. The fraction of sp³-hybridized carbons (Fsp3) is 0.471. The summed E-state index contributed by atoms with van der Waals surface area (Å²) in [5.41, 5.74) is 0.949. The van der Waals surface area contributed by atoms with Gasteiger partial charge in [-0.15, -0.1) is 10.2 Å². The number of hydrogen-bond donors (Lipinski definition) is 1. The Morgan fingerprint density at radius 3 is 2.92 bits per heavy atom. The molecule has 1 fully saturated rings. The van der Waals surface area contributed by atoms with Crippen molar-refractivity contribution in [2.45, 2.75) is 44.9 Å². The van der Waals surface area contributed by atoms with Gasteiger partial charge in [-0.25, -0.2) is 0 Å². The molecule has 0 aliphatic carbocycles. The minimum atomic E-state index is -0.288. The molecule has 4 rings (SSSR count). The molecule has 2 aliphatic rings. The first-order chi connectivity index (χ1) is 11.6. The summed E-state index contributed by atoms with van der Waals surface area (Å²) >= 11 is 6.24. The van der Waals surface area contributed by atoms with Crippen molar-refractivity contribution in [1.82, 2.24) is 25.0 Å². The molecule has 1 amide bonds. The Balaban J connectivity index is 1.61. The summed E-state index contributed by atoms with van der Waals surface area (Å²) < 4.78 is 2.01. The zero-order valence-electron chi connectivity index (χ0n) is 13.6. The topological polar surface area (TPSA) is 63.1 Å². The Bertz CT molecular complexity index is 768. The SMILES string of the molecule is C[C@H]1C(=O)N(Cc2ccccc2Cl)Cc2nnc([C@@H]3CCCN3)n21. The summed E-state index contributed by atoms with van der Waals surface area (Å²) in [6.45, 7) is 3.88. The number of amides is 1. The highest BCUT2D eigenvalue weighted by molar-refractivity contribution is 6.31. The zero-order chi connectivity index (χ0) is 16.7. The second kappa shape index (κ2) is 6.18. The fourth-order valence-corrected chi connectivity index (χ4v) is 3.79. The van der Waals surface area contributed by atoms with Gasteiger partial charge in [-0.1, -0.05) is 29.8 Å². The molecule has 1 aromatic carbocycles. The number of nitrogens with one attached hydrogen (secondary N) is 1. The Morgan fingerprint density at radius 2 is 2.17 bits per heavy atom. The van der Waals surface area contributed by atoms with Crippen molar-refractivity contribution in [3.05, 3.63) is 46.5 Å². The minimum Gasteiger partial charge on any atom is -0.329 e. The fourth-order valence-electron chi connectivity index (χ4n) is 3.60. The molecule has 2 aromatic rings. The third-order valence-electron chi connectivity index (χ3n) is 4.87. The van der Waals surface area contributed by atoms with Gasteiger partial charge in [0.15, 0.2) is 11.6 Å². The molecule has 2 aliphatic heterocycles. The van der Waals surface area contributed by atoms with Crippen LogP contribution in [0.4, 0.5) is 0 Å². The van der Waals surface area contributed by atoms with Gasteiger partial charge in [-0.2, -0.15) is 0 Å². The molecule has 126 valence electrons. The lowest BCUT2D eigenvalue weighted by molar-refractivity contribution is -0.137. The maximum absolute atomic E-state index is 12.9. The molecule has 7 heteroatoms. The van der Waals surface area contributed by atoms with Crippen LogP contribution in [0.5, 0.6) is 0 Å². The van der Waals surface area contributed by atoms with Crippen LogP contribution in [0.1, 0.15) is 49.1 Å². The third-order valence-corrected chi connectivity index (χ3v) is 5.24. The number of halogens is 1. The van der Waals surface area contributed by atoms with Gasteiger partial charge in [0.25, 0.3) is 0 Å². The number of carbonyl (C=O) groups excluding carboxylic acids is 1. The van der Waals surface area contributed by atoms with Crippen LogP contribution >= 0.6 is 11.6 Å². The largest absolute Gasteiger partial charge is 0.329 e. The first kappa shape index (κ1) is 15.6. The molecule has 24 heavy (non-hydrogen) atoms. The number of hydrogen-bond acceptors (Lipinski definition) is 4. The summed E-state index contributed by atoms with van der Waals surface area (Å²) in [4.78, 5) is 14.7. The van der Waals surface area contributed by atoms with Crippen molar-refractivity contribution in [2.75, 3.05) is 6.54 Å². The molecular formula is C17H20ClN5O. The van der Waals surface area contributed by atoms with Crippen molar-refractivity contribution in [3.63, 3.8) is 0 Å². The summed E-state index contributed by atoms with van der Waals surface area (Å²) in [6, 6.07) is 7.55. The molecule has 1 N–H and O–H groups in total. The smallest absolute Gasteiger partial charge is 0.246 e. The Hall–Kier alpha value is -1.92. The molecule has 0 saturated carbocycles. The lowest BCUT2D eigenvalue weighted by atomic mass is 10.1. The molecule has 1 aromatic heterocycles. The van der Waals surface area contributed by atoms with Gasteiger partial charge in [-0.05, 0) is 37.9 Å². The number of benzene rings is 1. The van der Waals surface area contributed by atoms with Crippen LogP contribution in [-0.4, -0.2) is 32.1 Å². The first-order valence-electron chi connectivity index (χ1n) is 8.34. The molecule has 2 atom stereocenters. The molecule has 0 bridgehead atoms. The average molecular weight is 346 g/mol. The van der Waals surface area contributed by atoms with Crippen LogP contribution < -0.4 is 5.32 Å². The minimum absolute atomic E-state index is 0.0847. The predicted molar refractivity (Wildman–Crippen MR) is 90.4 cm³/mol. The van der Waals surface area contributed by atoms with Crippen LogP contribution in [-0.2, 0) is 17.9 Å². The van der Waals surface area contributed by atoms with E-state index in [0.717, 1.165) is 36.6 Å². The van der Waals surface area contributed by atoms with Gasteiger partial charge in [0.2, 0.25) is 5.91 Å². The predicted octanol–water partition coefficient (Wildman–Crippen LogP) is 2.46. The van der Waals surface area contributed by atoms with E-state index in [1.807, 2.05) is 40.7 Å². The number of carbonyl (C=O) groups is 1. The summed E-state index contributed by atoms with van der Waals surface area (Å²) in [5, 5.41) is 12.8. The van der Waals surface area contributed by atoms with Gasteiger partial charge in [0.05, 0.1) is 12.6 Å². The summed E-state index contributed by atoms with van der Waals surface area (Å²) in [7, 11) is 0. The van der Waals surface area contributed by atoms with Crippen LogP contribution in [0.25, 0.3) is 0 Å². The van der Waals surface area contributed by atoms with Crippen LogP contribution in [0.2, 0.25) is 5.02 Å².